The van der Waals surface area contributed by atoms with Crippen molar-refractivity contribution in [2.24, 2.45) is 16.6 Å². The van der Waals surface area contributed by atoms with Gasteiger partial charge in [-0.2, -0.15) is 0 Å². The summed E-state index contributed by atoms with van der Waals surface area (Å²) in [4.78, 5) is 6.76. The van der Waals surface area contributed by atoms with E-state index in [0.717, 1.165) is 25.7 Å². The highest BCUT2D eigenvalue weighted by Crippen LogP contribution is 2.21. The predicted molar refractivity (Wildman–Crippen MR) is 94.2 cm³/mol. The van der Waals surface area contributed by atoms with Crippen molar-refractivity contribution < 1.29 is 0 Å². The number of nitrogens with two attached hydrogens (primary N) is 1. The second kappa shape index (κ2) is 10.7. The van der Waals surface area contributed by atoms with Crippen molar-refractivity contribution in [1.29, 1.82) is 0 Å². The van der Waals surface area contributed by atoms with Crippen molar-refractivity contribution >= 4 is 29.9 Å². The van der Waals surface area contributed by atoms with E-state index in [0.29, 0.717) is 11.9 Å². The average molecular weight is 382 g/mol. The molecule has 1 rings (SSSR count). The van der Waals surface area contributed by atoms with Gasteiger partial charge in [0, 0.05) is 25.7 Å². The molecule has 0 radical (unpaired) electrons. The Kier molecular flexibility index (Phi) is 10.7. The van der Waals surface area contributed by atoms with E-state index in [1.165, 1.54) is 32.1 Å². The lowest BCUT2D eigenvalue weighted by atomic mass is 9.94. The Labute approximate surface area is 135 Å². The third-order valence-electron chi connectivity index (χ3n) is 3.60. The first-order chi connectivity index (χ1) is 8.59. The lowest BCUT2D eigenvalue weighted by molar-refractivity contribution is 0.194. The van der Waals surface area contributed by atoms with Crippen LogP contribution in [-0.4, -0.2) is 43.6 Å². The zero-order valence-electron chi connectivity index (χ0n) is 12.7. The highest BCUT2D eigenvalue weighted by molar-refractivity contribution is 14.0. The van der Waals surface area contributed by atoms with Crippen LogP contribution in [0.4, 0.5) is 0 Å². The van der Waals surface area contributed by atoms with Crippen LogP contribution in [0, 0.1) is 5.92 Å². The molecule has 1 saturated carbocycles. The van der Waals surface area contributed by atoms with Crippen LogP contribution in [0.2, 0.25) is 0 Å². The van der Waals surface area contributed by atoms with Crippen LogP contribution in [0.5, 0.6) is 0 Å². The van der Waals surface area contributed by atoms with Gasteiger partial charge in [0.05, 0.1) is 0 Å². The van der Waals surface area contributed by atoms with E-state index >= 15 is 0 Å². The average Bonchev–Trinajstić information content (AvgIpc) is 2.37. The first kappa shape index (κ1) is 19.0. The standard InChI is InChI=1S/C14H30N4.HI/c1-12(2)11-17-14(15)16-9-10-18(3)13-7-5-4-6-8-13;/h12-13H,4-11H2,1-3H3,(H3,15,16,17);1H. The van der Waals surface area contributed by atoms with E-state index in [9.17, 15) is 0 Å². The third-order valence-corrected chi connectivity index (χ3v) is 3.60. The Bertz CT molecular complexity index is 250. The molecular formula is C14H31IN4. The molecule has 0 amide bonds. The fraction of sp³-hybridized carbons (Fsp3) is 0.929. The maximum absolute atomic E-state index is 5.81. The van der Waals surface area contributed by atoms with Gasteiger partial charge in [-0.05, 0) is 25.8 Å². The van der Waals surface area contributed by atoms with Crippen LogP contribution in [-0.2, 0) is 0 Å². The summed E-state index contributed by atoms with van der Waals surface area (Å²) in [6.45, 7) is 7.03. The van der Waals surface area contributed by atoms with Gasteiger partial charge < -0.3 is 16.0 Å². The molecule has 1 aliphatic rings. The molecule has 1 aliphatic carbocycles. The Morgan fingerprint density at radius 1 is 1.32 bits per heavy atom. The first-order valence-corrected chi connectivity index (χ1v) is 7.33. The monoisotopic (exact) mass is 382 g/mol. The number of rotatable bonds is 6. The molecule has 1 fully saturated rings. The molecule has 0 atom stereocenters. The number of hydrogen-bond acceptors (Lipinski definition) is 2. The third kappa shape index (κ3) is 8.68. The van der Waals surface area contributed by atoms with Gasteiger partial charge in [0.1, 0.15) is 0 Å². The Morgan fingerprint density at radius 3 is 2.53 bits per heavy atom. The van der Waals surface area contributed by atoms with Crippen molar-refractivity contribution in [3.05, 3.63) is 0 Å². The van der Waals surface area contributed by atoms with E-state index in [-0.39, 0.29) is 24.0 Å². The Morgan fingerprint density at radius 2 is 1.95 bits per heavy atom. The van der Waals surface area contributed by atoms with Crippen molar-refractivity contribution in [3.63, 3.8) is 0 Å². The minimum Gasteiger partial charge on any atom is -0.370 e. The zero-order chi connectivity index (χ0) is 13.4. The van der Waals surface area contributed by atoms with Crippen LogP contribution >= 0.6 is 24.0 Å². The minimum absolute atomic E-state index is 0. The summed E-state index contributed by atoms with van der Waals surface area (Å²) < 4.78 is 0. The second-order valence-electron chi connectivity index (χ2n) is 5.82. The van der Waals surface area contributed by atoms with Gasteiger partial charge >= 0.3 is 0 Å². The highest BCUT2D eigenvalue weighted by atomic mass is 127. The summed E-state index contributed by atoms with van der Waals surface area (Å²) >= 11 is 0. The fourth-order valence-corrected chi connectivity index (χ4v) is 2.40. The van der Waals surface area contributed by atoms with Crippen molar-refractivity contribution in [2.45, 2.75) is 52.0 Å². The molecule has 0 unspecified atom stereocenters. The topological polar surface area (TPSA) is 53.6 Å². The van der Waals surface area contributed by atoms with E-state index in [1.54, 1.807) is 0 Å². The first-order valence-electron chi connectivity index (χ1n) is 7.33. The normalized spacial score (nSPS) is 17.6. The van der Waals surface area contributed by atoms with E-state index in [1.807, 2.05) is 0 Å². The van der Waals surface area contributed by atoms with Crippen molar-refractivity contribution in [3.8, 4) is 0 Å². The molecule has 0 heterocycles. The summed E-state index contributed by atoms with van der Waals surface area (Å²) in [6, 6.07) is 0.773. The molecule has 3 N–H and O–H groups in total. The van der Waals surface area contributed by atoms with Gasteiger partial charge in [0.2, 0.25) is 0 Å². The summed E-state index contributed by atoms with van der Waals surface area (Å²) in [6.07, 6.45) is 6.90. The van der Waals surface area contributed by atoms with Gasteiger partial charge in [-0.25, -0.2) is 0 Å². The van der Waals surface area contributed by atoms with Crippen molar-refractivity contribution in [2.75, 3.05) is 26.7 Å². The molecule has 0 saturated heterocycles. The number of halogens is 1. The molecule has 0 spiro atoms. The minimum atomic E-state index is 0. The van der Waals surface area contributed by atoms with Crippen LogP contribution in [0.3, 0.4) is 0 Å². The lowest BCUT2D eigenvalue weighted by Gasteiger charge is -2.31. The molecule has 19 heavy (non-hydrogen) atoms. The van der Waals surface area contributed by atoms with E-state index < -0.39 is 0 Å². The van der Waals surface area contributed by atoms with Gasteiger partial charge in [-0.15, -0.1) is 24.0 Å². The van der Waals surface area contributed by atoms with E-state index in [2.05, 4.69) is 36.1 Å². The smallest absolute Gasteiger partial charge is 0.188 e. The number of guanidine groups is 1. The van der Waals surface area contributed by atoms with Crippen LogP contribution in [0.15, 0.2) is 4.99 Å². The largest absolute Gasteiger partial charge is 0.370 e. The Hall–Kier alpha value is -0.0400. The molecule has 4 nitrogen and oxygen atoms in total. The number of nitrogens with zero attached hydrogens (tertiary/aromatic N) is 2. The number of aliphatic imine (C=N–C) groups is 1. The SMILES string of the molecule is CC(C)CN=C(N)NCCN(C)C1CCCCC1.I. The van der Waals surface area contributed by atoms with Crippen LogP contribution in [0.25, 0.3) is 0 Å². The fourth-order valence-electron chi connectivity index (χ4n) is 2.40. The maximum Gasteiger partial charge on any atom is 0.188 e. The molecule has 0 aromatic rings. The molecule has 0 aliphatic heterocycles. The summed E-state index contributed by atoms with van der Waals surface area (Å²) in [7, 11) is 2.22. The molecule has 0 bridgehead atoms. The number of likely N-dealkylation sites (N-methyl/N-ethyl adjacent to an activating group) is 1. The molecule has 114 valence electrons. The number of nitrogens with one attached hydrogen (secondary N) is 1. The zero-order valence-corrected chi connectivity index (χ0v) is 15.0. The van der Waals surface area contributed by atoms with Gasteiger partial charge in [-0.3, -0.25) is 4.99 Å². The van der Waals surface area contributed by atoms with E-state index in [4.69, 9.17) is 5.73 Å². The maximum atomic E-state index is 5.81. The summed E-state index contributed by atoms with van der Waals surface area (Å²) in [5.74, 6) is 1.15. The van der Waals surface area contributed by atoms with Crippen molar-refractivity contribution in [1.82, 2.24) is 10.2 Å². The molecule has 0 aromatic carbocycles. The van der Waals surface area contributed by atoms with Gasteiger partial charge in [0.25, 0.3) is 0 Å². The second-order valence-corrected chi connectivity index (χ2v) is 5.82. The van der Waals surface area contributed by atoms with Crippen LogP contribution in [0.1, 0.15) is 46.0 Å². The van der Waals surface area contributed by atoms with Crippen LogP contribution < -0.4 is 11.1 Å². The predicted octanol–water partition coefficient (Wildman–Crippen LogP) is 2.43. The van der Waals surface area contributed by atoms with Gasteiger partial charge in [-0.1, -0.05) is 33.1 Å². The Balaban J connectivity index is 0.00000324. The molecular weight excluding hydrogens is 351 g/mol. The molecule has 0 aromatic heterocycles. The lowest BCUT2D eigenvalue weighted by Crippen LogP contribution is -2.41. The number of hydrogen-bond donors (Lipinski definition) is 2. The van der Waals surface area contributed by atoms with Gasteiger partial charge in [0.15, 0.2) is 5.96 Å². The molecule has 5 heteroatoms. The summed E-state index contributed by atoms with van der Waals surface area (Å²) in [5, 5.41) is 3.19. The summed E-state index contributed by atoms with van der Waals surface area (Å²) in [5.41, 5.74) is 5.81. The highest BCUT2D eigenvalue weighted by Gasteiger charge is 2.17. The quantitative estimate of drug-likeness (QED) is 0.422.